The highest BCUT2D eigenvalue weighted by Gasteiger charge is 2.37. The molecule has 1 heterocycles. The summed E-state index contributed by atoms with van der Waals surface area (Å²) in [6, 6.07) is 0. The Bertz CT molecular complexity index is 274. The highest BCUT2D eigenvalue weighted by Crippen LogP contribution is 2.45. The van der Waals surface area contributed by atoms with Crippen molar-refractivity contribution in [3.05, 3.63) is 11.7 Å². The zero-order valence-electron chi connectivity index (χ0n) is 6.96. The largest absolute Gasteiger partial charge is 0.339 e. The smallest absolute Gasteiger partial charge is 0.227 e. The van der Waals surface area contributed by atoms with Crippen LogP contribution in [0.4, 0.5) is 0 Å². The first kappa shape index (κ1) is 8.05. The molecule has 1 fully saturated rings. The average molecular weight is 187 g/mol. The van der Waals surface area contributed by atoms with E-state index >= 15 is 0 Å². The fraction of sp³-hybridized carbons (Fsp3) is 0.750. The monoisotopic (exact) mass is 186 g/mol. The molecule has 2 rings (SSSR count). The summed E-state index contributed by atoms with van der Waals surface area (Å²) in [5, 5.41) is 3.90. The molecule has 1 aromatic rings. The van der Waals surface area contributed by atoms with Gasteiger partial charge in [-0.1, -0.05) is 12.1 Å². The van der Waals surface area contributed by atoms with E-state index in [0.29, 0.717) is 24.1 Å². The molecule has 66 valence electrons. The van der Waals surface area contributed by atoms with Gasteiger partial charge in [0.1, 0.15) is 0 Å². The summed E-state index contributed by atoms with van der Waals surface area (Å²) in [5.74, 6) is 3.34. The molecule has 0 saturated heterocycles. The van der Waals surface area contributed by atoms with E-state index in [0.717, 1.165) is 11.7 Å². The van der Waals surface area contributed by atoms with E-state index in [-0.39, 0.29) is 0 Å². The Labute approximate surface area is 76.1 Å². The molecule has 1 aromatic heterocycles. The minimum Gasteiger partial charge on any atom is -0.339 e. The van der Waals surface area contributed by atoms with Gasteiger partial charge in [-0.3, -0.25) is 0 Å². The molecule has 1 saturated carbocycles. The predicted molar refractivity (Wildman–Crippen MR) is 45.2 cm³/mol. The van der Waals surface area contributed by atoms with Crippen LogP contribution in [0.2, 0.25) is 0 Å². The molecule has 0 amide bonds. The van der Waals surface area contributed by atoms with Gasteiger partial charge in [0.05, 0.1) is 0 Å². The highest BCUT2D eigenvalue weighted by molar-refractivity contribution is 6.17. The molecule has 0 bridgehead atoms. The van der Waals surface area contributed by atoms with Crippen LogP contribution in [0.5, 0.6) is 0 Å². The van der Waals surface area contributed by atoms with Crippen LogP contribution in [0.3, 0.4) is 0 Å². The van der Waals surface area contributed by atoms with Crippen molar-refractivity contribution in [1.29, 1.82) is 0 Å². The zero-order chi connectivity index (χ0) is 8.55. The molecule has 1 aliphatic carbocycles. The maximum Gasteiger partial charge on any atom is 0.227 e. The van der Waals surface area contributed by atoms with Gasteiger partial charge in [0, 0.05) is 18.2 Å². The van der Waals surface area contributed by atoms with E-state index in [1.807, 2.05) is 0 Å². The molecule has 0 N–H and O–H groups in total. The van der Waals surface area contributed by atoms with Crippen molar-refractivity contribution in [2.45, 2.75) is 25.7 Å². The van der Waals surface area contributed by atoms with Gasteiger partial charge < -0.3 is 4.52 Å². The van der Waals surface area contributed by atoms with Crippen molar-refractivity contribution >= 4 is 11.6 Å². The van der Waals surface area contributed by atoms with E-state index in [1.165, 1.54) is 6.42 Å². The van der Waals surface area contributed by atoms with Gasteiger partial charge in [-0.15, -0.1) is 11.6 Å². The van der Waals surface area contributed by atoms with Crippen LogP contribution in [0, 0.1) is 5.92 Å². The lowest BCUT2D eigenvalue weighted by molar-refractivity contribution is 0.376. The van der Waals surface area contributed by atoms with Crippen molar-refractivity contribution in [1.82, 2.24) is 10.1 Å². The first-order valence-corrected chi connectivity index (χ1v) is 4.73. The standard InChI is InChI=1S/C8H11ClN2O/c1-5-4-6(5)8-10-7(2-3-9)12-11-8/h5-6H,2-4H2,1H3. The van der Waals surface area contributed by atoms with E-state index in [4.69, 9.17) is 16.1 Å². The number of aromatic nitrogens is 2. The number of hydrogen-bond donors (Lipinski definition) is 0. The summed E-state index contributed by atoms with van der Waals surface area (Å²) in [6.07, 6.45) is 1.87. The summed E-state index contributed by atoms with van der Waals surface area (Å²) in [7, 11) is 0. The Morgan fingerprint density at radius 2 is 2.42 bits per heavy atom. The fourth-order valence-electron chi connectivity index (χ4n) is 1.28. The first-order chi connectivity index (χ1) is 5.81. The van der Waals surface area contributed by atoms with E-state index in [1.54, 1.807) is 0 Å². The molecule has 2 atom stereocenters. The number of rotatable bonds is 3. The third-order valence-corrected chi connectivity index (χ3v) is 2.42. The van der Waals surface area contributed by atoms with Crippen molar-refractivity contribution in [3.8, 4) is 0 Å². The Morgan fingerprint density at radius 1 is 1.67 bits per heavy atom. The summed E-state index contributed by atoms with van der Waals surface area (Å²) in [6.45, 7) is 2.20. The lowest BCUT2D eigenvalue weighted by atomic mass is 10.3. The Balaban J connectivity index is 2.04. The van der Waals surface area contributed by atoms with Crippen LogP contribution in [0.1, 0.15) is 31.0 Å². The molecule has 1 aliphatic rings. The average Bonchev–Trinajstić information content (AvgIpc) is 2.62. The molecule has 3 nitrogen and oxygen atoms in total. The zero-order valence-corrected chi connectivity index (χ0v) is 7.71. The third kappa shape index (κ3) is 1.46. The SMILES string of the molecule is CC1CC1c1noc(CCCl)n1. The molecule has 0 spiro atoms. The van der Waals surface area contributed by atoms with Crippen molar-refractivity contribution in [3.63, 3.8) is 0 Å². The topological polar surface area (TPSA) is 38.9 Å². The molecule has 0 radical (unpaired) electrons. The molecule has 0 aliphatic heterocycles. The number of hydrogen-bond acceptors (Lipinski definition) is 3. The summed E-state index contributed by atoms with van der Waals surface area (Å²) < 4.78 is 5.01. The number of halogens is 1. The number of nitrogens with zero attached hydrogens (tertiary/aromatic N) is 2. The lowest BCUT2D eigenvalue weighted by Crippen LogP contribution is -1.87. The van der Waals surface area contributed by atoms with E-state index < -0.39 is 0 Å². The van der Waals surface area contributed by atoms with Crippen LogP contribution in [0.25, 0.3) is 0 Å². The second kappa shape index (κ2) is 3.05. The van der Waals surface area contributed by atoms with Gasteiger partial charge in [0.15, 0.2) is 5.82 Å². The second-order valence-electron chi connectivity index (χ2n) is 3.30. The van der Waals surface area contributed by atoms with Crippen molar-refractivity contribution < 1.29 is 4.52 Å². The molecule has 4 heteroatoms. The molecule has 2 unspecified atom stereocenters. The second-order valence-corrected chi connectivity index (χ2v) is 3.68. The molecular formula is C8H11ClN2O. The van der Waals surface area contributed by atoms with Gasteiger partial charge in [0.2, 0.25) is 5.89 Å². The fourth-order valence-corrected chi connectivity index (χ4v) is 1.44. The quantitative estimate of drug-likeness (QED) is 0.678. The van der Waals surface area contributed by atoms with Gasteiger partial charge >= 0.3 is 0 Å². The molecule has 0 aromatic carbocycles. The normalized spacial score (nSPS) is 27.5. The van der Waals surface area contributed by atoms with Crippen molar-refractivity contribution in [2.75, 3.05) is 5.88 Å². The number of alkyl halides is 1. The lowest BCUT2D eigenvalue weighted by Gasteiger charge is -1.83. The minimum absolute atomic E-state index is 0.540. The predicted octanol–water partition coefficient (Wildman–Crippen LogP) is 1.97. The van der Waals surface area contributed by atoms with Crippen LogP contribution < -0.4 is 0 Å². The molecule has 12 heavy (non-hydrogen) atoms. The van der Waals surface area contributed by atoms with Crippen LogP contribution in [-0.4, -0.2) is 16.0 Å². The molecular weight excluding hydrogens is 176 g/mol. The third-order valence-electron chi connectivity index (χ3n) is 2.23. The Kier molecular flexibility index (Phi) is 2.05. The summed E-state index contributed by atoms with van der Waals surface area (Å²) in [5.41, 5.74) is 0. The number of aryl methyl sites for hydroxylation is 1. The van der Waals surface area contributed by atoms with Crippen LogP contribution in [-0.2, 0) is 6.42 Å². The minimum atomic E-state index is 0.540. The summed E-state index contributed by atoms with van der Waals surface area (Å²) >= 11 is 5.54. The maximum absolute atomic E-state index is 5.54. The highest BCUT2D eigenvalue weighted by atomic mass is 35.5. The van der Waals surface area contributed by atoms with Crippen LogP contribution >= 0.6 is 11.6 Å². The summed E-state index contributed by atoms with van der Waals surface area (Å²) in [4.78, 5) is 4.25. The van der Waals surface area contributed by atoms with Gasteiger partial charge in [-0.25, -0.2) is 0 Å². The maximum atomic E-state index is 5.54. The Hall–Kier alpha value is -0.570. The Morgan fingerprint density at radius 3 is 3.00 bits per heavy atom. The van der Waals surface area contributed by atoms with Gasteiger partial charge in [0.25, 0.3) is 0 Å². The van der Waals surface area contributed by atoms with Gasteiger partial charge in [-0.05, 0) is 12.3 Å². The van der Waals surface area contributed by atoms with Gasteiger partial charge in [-0.2, -0.15) is 4.98 Å². The van der Waals surface area contributed by atoms with E-state index in [9.17, 15) is 0 Å². The first-order valence-electron chi connectivity index (χ1n) is 4.19. The van der Waals surface area contributed by atoms with Crippen molar-refractivity contribution in [2.24, 2.45) is 5.92 Å². The van der Waals surface area contributed by atoms with E-state index in [2.05, 4.69) is 17.1 Å². The van der Waals surface area contributed by atoms with Crippen LogP contribution in [0.15, 0.2) is 4.52 Å².